The highest BCUT2D eigenvalue weighted by atomic mass is 16.2. The maximum atomic E-state index is 12.9. The quantitative estimate of drug-likeness (QED) is 0.508. The van der Waals surface area contributed by atoms with Crippen LogP contribution in [0.1, 0.15) is 25.3 Å². The number of nitrogens with one attached hydrogen (secondary N) is 1. The van der Waals surface area contributed by atoms with Crippen LogP contribution in [0.15, 0.2) is 29.3 Å². The number of urea groups is 1. The lowest BCUT2D eigenvalue weighted by molar-refractivity contribution is -0.122. The smallest absolute Gasteiger partial charge is 0.329 e. The minimum Gasteiger partial charge on any atom is -0.349 e. The lowest BCUT2D eigenvalue weighted by Crippen LogP contribution is -2.46. The van der Waals surface area contributed by atoms with E-state index in [1.54, 1.807) is 6.07 Å². The molecule has 1 aliphatic carbocycles. The molecule has 1 N–H and O–H groups in total. The van der Waals surface area contributed by atoms with Crippen LogP contribution in [0, 0.1) is 5.92 Å². The van der Waals surface area contributed by atoms with Crippen LogP contribution >= 0.6 is 0 Å². The Labute approximate surface area is 154 Å². The van der Waals surface area contributed by atoms with Crippen molar-refractivity contribution in [3.05, 3.63) is 29.8 Å². The molecule has 1 aliphatic heterocycles. The van der Waals surface area contributed by atoms with Crippen LogP contribution in [0.3, 0.4) is 0 Å². The Morgan fingerprint density at radius 2 is 1.88 bits per heavy atom. The molecule has 2 aliphatic rings. The molecule has 0 aromatic heterocycles. The predicted molar refractivity (Wildman–Crippen MR) is 102 cm³/mol. The highest BCUT2D eigenvalue weighted by Gasteiger charge is 2.56. The van der Waals surface area contributed by atoms with Crippen molar-refractivity contribution in [2.45, 2.75) is 31.8 Å². The van der Waals surface area contributed by atoms with Gasteiger partial charge in [0, 0.05) is 28.2 Å². The Bertz CT molecular complexity index is 744. The minimum atomic E-state index is -0.770. The third-order valence-electron chi connectivity index (χ3n) is 4.98. The van der Waals surface area contributed by atoms with E-state index < -0.39 is 5.54 Å². The van der Waals surface area contributed by atoms with Crippen LogP contribution in [0.2, 0.25) is 0 Å². The molecule has 1 aromatic rings. The fraction of sp³-hybridized carbons (Fsp3) is 0.526. The van der Waals surface area contributed by atoms with E-state index >= 15 is 0 Å². The Balaban J connectivity index is 1.82. The van der Waals surface area contributed by atoms with Gasteiger partial charge in [-0.2, -0.15) is 0 Å². The number of hydrogen-bond donors (Lipinski definition) is 1. The zero-order chi connectivity index (χ0) is 19.1. The van der Waals surface area contributed by atoms with Gasteiger partial charge in [-0.1, -0.05) is 12.1 Å². The fourth-order valence-electron chi connectivity index (χ4n) is 3.47. The number of carbonyl (C=O) groups is 2. The monoisotopic (exact) mass is 357 g/mol. The third kappa shape index (κ3) is 3.25. The molecule has 0 radical (unpaired) electrons. The van der Waals surface area contributed by atoms with E-state index in [0.29, 0.717) is 12.2 Å². The molecule has 1 atom stereocenters. The molecule has 1 saturated heterocycles. The van der Waals surface area contributed by atoms with Crippen molar-refractivity contribution in [1.29, 1.82) is 0 Å². The molecule has 3 amide bonds. The SMILES string of the molecule is CN(C)C(=NCc1cccc(N2C(=O)NC(C)(C3CC3)C2=O)c1)N(C)C. The first-order chi connectivity index (χ1) is 12.2. The van der Waals surface area contributed by atoms with Crippen LogP contribution in [0.4, 0.5) is 10.5 Å². The maximum Gasteiger partial charge on any atom is 0.329 e. The first kappa shape index (κ1) is 18.2. The van der Waals surface area contributed by atoms with Gasteiger partial charge in [0.2, 0.25) is 0 Å². The molecule has 1 saturated carbocycles. The van der Waals surface area contributed by atoms with Gasteiger partial charge in [0.1, 0.15) is 5.54 Å². The molecule has 26 heavy (non-hydrogen) atoms. The number of hydrogen-bond acceptors (Lipinski definition) is 3. The summed E-state index contributed by atoms with van der Waals surface area (Å²) in [5.74, 6) is 0.944. The number of benzene rings is 1. The van der Waals surface area contributed by atoms with Gasteiger partial charge in [-0.25, -0.2) is 14.7 Å². The zero-order valence-electron chi connectivity index (χ0n) is 16.1. The molecule has 1 heterocycles. The average Bonchev–Trinajstić information content (AvgIpc) is 3.37. The highest BCUT2D eigenvalue weighted by Crippen LogP contribution is 2.43. The normalized spacial score (nSPS) is 22.3. The van der Waals surface area contributed by atoms with E-state index in [1.807, 2.05) is 63.1 Å². The minimum absolute atomic E-state index is 0.159. The summed E-state index contributed by atoms with van der Waals surface area (Å²) in [5.41, 5.74) is 0.777. The summed E-state index contributed by atoms with van der Waals surface area (Å²) in [6.07, 6.45) is 1.98. The topological polar surface area (TPSA) is 68.2 Å². The first-order valence-corrected chi connectivity index (χ1v) is 8.89. The Morgan fingerprint density at radius 1 is 1.23 bits per heavy atom. The van der Waals surface area contributed by atoms with E-state index in [2.05, 4.69) is 10.3 Å². The Kier molecular flexibility index (Phi) is 4.64. The van der Waals surface area contributed by atoms with Crippen molar-refractivity contribution in [2.24, 2.45) is 10.9 Å². The van der Waals surface area contributed by atoms with Gasteiger partial charge in [0.05, 0.1) is 12.2 Å². The Hall–Kier alpha value is -2.57. The molecule has 2 fully saturated rings. The summed E-state index contributed by atoms with van der Waals surface area (Å²) in [6.45, 7) is 2.31. The van der Waals surface area contributed by atoms with Crippen LogP contribution in [0.25, 0.3) is 0 Å². The van der Waals surface area contributed by atoms with Crippen molar-refractivity contribution >= 4 is 23.6 Å². The summed E-state index contributed by atoms with van der Waals surface area (Å²) < 4.78 is 0. The predicted octanol–water partition coefficient (Wildman–Crippen LogP) is 1.89. The fourth-order valence-corrected chi connectivity index (χ4v) is 3.47. The van der Waals surface area contributed by atoms with Crippen molar-refractivity contribution < 1.29 is 9.59 Å². The lowest BCUT2D eigenvalue weighted by Gasteiger charge is -2.23. The van der Waals surface area contributed by atoms with E-state index in [4.69, 9.17) is 0 Å². The van der Waals surface area contributed by atoms with Crippen molar-refractivity contribution in [1.82, 2.24) is 15.1 Å². The Morgan fingerprint density at radius 3 is 2.46 bits per heavy atom. The van der Waals surface area contributed by atoms with Gasteiger partial charge in [-0.15, -0.1) is 0 Å². The standard InChI is InChI=1S/C19H27N5O2/c1-19(14-9-10-14)16(25)24(18(26)21-19)15-8-6-7-13(11-15)12-20-17(22(2)3)23(4)5/h6-8,11,14H,9-10,12H2,1-5H3,(H,21,26). The molecular formula is C19H27N5O2. The first-order valence-electron chi connectivity index (χ1n) is 8.89. The maximum absolute atomic E-state index is 12.9. The second kappa shape index (κ2) is 6.63. The van der Waals surface area contributed by atoms with Crippen LogP contribution in [-0.4, -0.2) is 61.4 Å². The van der Waals surface area contributed by atoms with Gasteiger partial charge in [0.25, 0.3) is 5.91 Å². The molecule has 7 heteroatoms. The van der Waals surface area contributed by atoms with E-state index in [0.717, 1.165) is 24.4 Å². The number of carbonyl (C=O) groups excluding carboxylic acids is 2. The molecule has 0 spiro atoms. The second-order valence-corrected chi connectivity index (χ2v) is 7.62. The van der Waals surface area contributed by atoms with Crippen LogP contribution in [0.5, 0.6) is 0 Å². The number of nitrogens with zero attached hydrogens (tertiary/aromatic N) is 4. The number of amides is 3. The molecule has 0 bridgehead atoms. The summed E-state index contributed by atoms with van der Waals surface area (Å²) in [4.78, 5) is 35.1. The van der Waals surface area contributed by atoms with Crippen molar-refractivity contribution in [3.63, 3.8) is 0 Å². The number of anilines is 1. The van der Waals surface area contributed by atoms with Gasteiger partial charge >= 0.3 is 6.03 Å². The highest BCUT2D eigenvalue weighted by molar-refractivity contribution is 6.23. The van der Waals surface area contributed by atoms with Gasteiger partial charge in [-0.3, -0.25) is 4.79 Å². The lowest BCUT2D eigenvalue weighted by atomic mass is 9.96. The van der Waals surface area contributed by atoms with E-state index in [9.17, 15) is 9.59 Å². The summed E-state index contributed by atoms with van der Waals surface area (Å²) in [7, 11) is 7.78. The molecular weight excluding hydrogens is 330 g/mol. The largest absolute Gasteiger partial charge is 0.349 e. The number of guanidine groups is 1. The number of aliphatic imine (C=N–C) groups is 1. The van der Waals surface area contributed by atoms with Crippen LogP contribution < -0.4 is 10.2 Å². The molecule has 1 aromatic carbocycles. The number of imide groups is 1. The van der Waals surface area contributed by atoms with Gasteiger partial charge < -0.3 is 15.1 Å². The summed E-state index contributed by atoms with van der Waals surface area (Å²) >= 11 is 0. The van der Waals surface area contributed by atoms with Crippen molar-refractivity contribution in [3.8, 4) is 0 Å². The van der Waals surface area contributed by atoms with Gasteiger partial charge in [0.15, 0.2) is 5.96 Å². The third-order valence-corrected chi connectivity index (χ3v) is 4.98. The van der Waals surface area contributed by atoms with E-state index in [1.165, 1.54) is 4.90 Å². The zero-order valence-corrected chi connectivity index (χ0v) is 16.1. The molecule has 3 rings (SSSR count). The average molecular weight is 357 g/mol. The number of rotatable bonds is 4. The second-order valence-electron chi connectivity index (χ2n) is 7.62. The molecule has 1 unspecified atom stereocenters. The summed E-state index contributed by atoms with van der Waals surface area (Å²) in [5, 5.41) is 2.89. The van der Waals surface area contributed by atoms with Crippen molar-refractivity contribution in [2.75, 3.05) is 33.1 Å². The molecule has 7 nitrogen and oxygen atoms in total. The summed E-state index contributed by atoms with van der Waals surface area (Å²) in [6, 6.07) is 7.13. The molecule has 140 valence electrons. The van der Waals surface area contributed by atoms with E-state index in [-0.39, 0.29) is 17.9 Å². The van der Waals surface area contributed by atoms with Crippen LogP contribution in [-0.2, 0) is 11.3 Å². The van der Waals surface area contributed by atoms with Gasteiger partial charge in [-0.05, 0) is 43.4 Å².